The number of halogens is 1. The second-order valence-electron chi connectivity index (χ2n) is 6.67. The molecule has 27 heavy (non-hydrogen) atoms. The number of esters is 1. The molecule has 0 aliphatic carbocycles. The second kappa shape index (κ2) is 6.51. The van der Waals surface area contributed by atoms with Crippen molar-refractivity contribution in [3.8, 4) is 5.75 Å². The highest BCUT2D eigenvalue weighted by atomic mass is 35.5. The number of sulfonamides is 1. The normalized spacial score (nSPS) is 22.5. The Morgan fingerprint density at radius 1 is 1.22 bits per heavy atom. The monoisotopic (exact) mass is 407 g/mol. The highest BCUT2D eigenvalue weighted by Crippen LogP contribution is 2.44. The number of hydrogen-bond acceptors (Lipinski definition) is 5. The number of fused-ring (bicyclic) bond motifs is 2. The fraction of sp³-hybridized carbons (Fsp3) is 0.316. The topological polar surface area (TPSA) is 72.9 Å². The Hall–Kier alpha value is -2.09. The third kappa shape index (κ3) is 2.90. The van der Waals surface area contributed by atoms with Crippen LogP contribution in [0.2, 0.25) is 5.02 Å². The zero-order valence-electron chi connectivity index (χ0n) is 14.6. The fourth-order valence-corrected chi connectivity index (χ4v) is 5.67. The predicted octanol–water partition coefficient (Wildman–Crippen LogP) is 3.20. The molecular formula is C19H18ClNO5S. The molecule has 2 aromatic rings. The van der Waals surface area contributed by atoms with Crippen molar-refractivity contribution in [2.45, 2.75) is 23.3 Å². The SMILES string of the molecule is COc1ccc(S(=O)(=O)N2CCC[C@]3(C2)OC(=O)c2ccccc23)cc1Cl. The Morgan fingerprint density at radius 2 is 2.00 bits per heavy atom. The molecule has 0 amide bonds. The molecule has 0 saturated carbocycles. The molecule has 0 aromatic heterocycles. The number of hydrogen-bond donors (Lipinski definition) is 0. The summed E-state index contributed by atoms with van der Waals surface area (Å²) in [6, 6.07) is 11.5. The van der Waals surface area contributed by atoms with Crippen LogP contribution >= 0.6 is 11.6 Å². The van der Waals surface area contributed by atoms with Gasteiger partial charge in [0.25, 0.3) is 0 Å². The van der Waals surface area contributed by atoms with E-state index in [1.165, 1.54) is 29.6 Å². The molecule has 2 aliphatic heterocycles. The van der Waals surface area contributed by atoms with E-state index >= 15 is 0 Å². The van der Waals surface area contributed by atoms with E-state index in [1.54, 1.807) is 12.1 Å². The number of nitrogens with zero attached hydrogens (tertiary/aromatic N) is 1. The Balaban J connectivity index is 1.70. The molecule has 1 spiro atoms. The minimum Gasteiger partial charge on any atom is -0.495 e. The number of carbonyl (C=O) groups excluding carboxylic acids is 1. The third-order valence-corrected chi connectivity index (χ3v) is 7.24. The van der Waals surface area contributed by atoms with Gasteiger partial charge in [-0.1, -0.05) is 29.8 Å². The van der Waals surface area contributed by atoms with Gasteiger partial charge < -0.3 is 9.47 Å². The van der Waals surface area contributed by atoms with Gasteiger partial charge in [0.15, 0.2) is 5.60 Å². The van der Waals surface area contributed by atoms with E-state index in [1.807, 2.05) is 12.1 Å². The summed E-state index contributed by atoms with van der Waals surface area (Å²) < 4.78 is 38.5. The number of rotatable bonds is 3. The van der Waals surface area contributed by atoms with Gasteiger partial charge in [-0.3, -0.25) is 0 Å². The van der Waals surface area contributed by atoms with Crippen molar-refractivity contribution in [2.75, 3.05) is 20.2 Å². The Labute approximate surface area is 162 Å². The van der Waals surface area contributed by atoms with Gasteiger partial charge in [-0.15, -0.1) is 0 Å². The van der Waals surface area contributed by atoms with Crippen molar-refractivity contribution in [2.24, 2.45) is 0 Å². The largest absolute Gasteiger partial charge is 0.495 e. The first kappa shape index (κ1) is 18.3. The van der Waals surface area contributed by atoms with Crippen molar-refractivity contribution >= 4 is 27.6 Å². The minimum absolute atomic E-state index is 0.0851. The lowest BCUT2D eigenvalue weighted by molar-refractivity contribution is -0.0345. The summed E-state index contributed by atoms with van der Waals surface area (Å²) in [6.45, 7) is 0.440. The van der Waals surface area contributed by atoms with E-state index in [0.29, 0.717) is 30.7 Å². The first-order valence-corrected chi connectivity index (χ1v) is 10.4. The lowest BCUT2D eigenvalue weighted by Gasteiger charge is -2.38. The lowest BCUT2D eigenvalue weighted by Crippen LogP contribution is -2.48. The van der Waals surface area contributed by atoms with Crippen LogP contribution in [0.5, 0.6) is 5.75 Å². The summed E-state index contributed by atoms with van der Waals surface area (Å²) in [5, 5.41) is 0.225. The van der Waals surface area contributed by atoms with Crippen molar-refractivity contribution in [1.29, 1.82) is 0 Å². The standard InChI is InChI=1S/C19H18ClNO5S/c1-25-17-8-7-13(11-16(17)20)27(23,24)21-10-4-9-19(12-21)15-6-3-2-5-14(15)18(22)26-19/h2-3,5-8,11H,4,9-10,12H2,1H3/t19-/m1/s1. The van der Waals surface area contributed by atoms with Crippen LogP contribution < -0.4 is 4.74 Å². The van der Waals surface area contributed by atoms with Gasteiger partial charge in [0.1, 0.15) is 5.75 Å². The minimum atomic E-state index is -3.79. The lowest BCUT2D eigenvalue weighted by atomic mass is 9.86. The third-order valence-electron chi connectivity index (χ3n) is 5.11. The number of carbonyl (C=O) groups is 1. The average molecular weight is 408 g/mol. The zero-order chi connectivity index (χ0) is 19.2. The van der Waals surface area contributed by atoms with Gasteiger partial charge in [0.05, 0.1) is 29.1 Å². The van der Waals surface area contributed by atoms with E-state index < -0.39 is 21.6 Å². The molecule has 2 aliphatic rings. The Kier molecular flexibility index (Phi) is 4.41. The maximum atomic E-state index is 13.2. The van der Waals surface area contributed by atoms with Gasteiger partial charge in [-0.25, -0.2) is 13.2 Å². The number of methoxy groups -OCH3 is 1. The van der Waals surface area contributed by atoms with E-state index in [2.05, 4.69) is 0 Å². The van der Waals surface area contributed by atoms with Crippen LogP contribution in [0.4, 0.5) is 0 Å². The van der Waals surface area contributed by atoms with Crippen molar-refractivity contribution < 1.29 is 22.7 Å². The smallest absolute Gasteiger partial charge is 0.339 e. The molecule has 0 N–H and O–H groups in total. The summed E-state index contributed by atoms with van der Waals surface area (Å²) >= 11 is 6.10. The van der Waals surface area contributed by atoms with Crippen LogP contribution in [-0.4, -0.2) is 38.9 Å². The van der Waals surface area contributed by atoms with Crippen LogP contribution in [0.1, 0.15) is 28.8 Å². The molecule has 0 radical (unpaired) electrons. The molecular weight excluding hydrogens is 390 g/mol. The molecule has 0 unspecified atom stereocenters. The summed E-state index contributed by atoms with van der Waals surface area (Å²) in [6.07, 6.45) is 1.18. The molecule has 2 aromatic carbocycles. The highest BCUT2D eigenvalue weighted by molar-refractivity contribution is 7.89. The van der Waals surface area contributed by atoms with Gasteiger partial charge >= 0.3 is 5.97 Å². The maximum absolute atomic E-state index is 13.2. The van der Waals surface area contributed by atoms with Crippen LogP contribution in [0, 0.1) is 0 Å². The average Bonchev–Trinajstić information content (AvgIpc) is 2.93. The van der Waals surface area contributed by atoms with Gasteiger partial charge in [0, 0.05) is 12.1 Å². The molecule has 1 atom stereocenters. The van der Waals surface area contributed by atoms with Crippen LogP contribution in [-0.2, 0) is 20.4 Å². The fourth-order valence-electron chi connectivity index (χ4n) is 3.79. The van der Waals surface area contributed by atoms with Crippen LogP contribution in [0.3, 0.4) is 0 Å². The maximum Gasteiger partial charge on any atom is 0.339 e. The van der Waals surface area contributed by atoms with E-state index in [0.717, 1.165) is 5.56 Å². The number of ether oxygens (including phenoxy) is 2. The first-order chi connectivity index (χ1) is 12.9. The Morgan fingerprint density at radius 3 is 2.74 bits per heavy atom. The summed E-state index contributed by atoms with van der Waals surface area (Å²) in [4.78, 5) is 12.3. The summed E-state index contributed by atoms with van der Waals surface area (Å²) in [7, 11) is -2.32. The molecule has 1 saturated heterocycles. The number of piperidine rings is 1. The van der Waals surface area contributed by atoms with Crippen LogP contribution in [0.15, 0.2) is 47.4 Å². The molecule has 142 valence electrons. The zero-order valence-corrected chi connectivity index (χ0v) is 16.2. The van der Waals surface area contributed by atoms with Crippen LogP contribution in [0.25, 0.3) is 0 Å². The van der Waals surface area contributed by atoms with E-state index in [4.69, 9.17) is 21.1 Å². The molecule has 8 heteroatoms. The molecule has 2 heterocycles. The number of benzene rings is 2. The molecule has 6 nitrogen and oxygen atoms in total. The molecule has 4 rings (SSSR count). The predicted molar refractivity (Wildman–Crippen MR) is 99.5 cm³/mol. The van der Waals surface area contributed by atoms with Gasteiger partial charge in [0.2, 0.25) is 10.0 Å². The molecule has 0 bridgehead atoms. The highest BCUT2D eigenvalue weighted by Gasteiger charge is 2.50. The van der Waals surface area contributed by atoms with Gasteiger partial charge in [-0.2, -0.15) is 4.31 Å². The quantitative estimate of drug-likeness (QED) is 0.730. The first-order valence-electron chi connectivity index (χ1n) is 8.54. The second-order valence-corrected chi connectivity index (χ2v) is 9.01. The van der Waals surface area contributed by atoms with E-state index in [9.17, 15) is 13.2 Å². The van der Waals surface area contributed by atoms with E-state index in [-0.39, 0.29) is 16.5 Å². The van der Waals surface area contributed by atoms with Crippen molar-refractivity contribution in [3.05, 3.63) is 58.6 Å². The summed E-state index contributed by atoms with van der Waals surface area (Å²) in [5.41, 5.74) is 0.321. The van der Waals surface area contributed by atoms with Crippen molar-refractivity contribution in [1.82, 2.24) is 4.31 Å². The Bertz CT molecular complexity index is 1020. The van der Waals surface area contributed by atoms with Crippen molar-refractivity contribution in [3.63, 3.8) is 0 Å². The summed E-state index contributed by atoms with van der Waals surface area (Å²) in [5.74, 6) is 0.00159. The molecule has 1 fully saturated rings. The van der Waals surface area contributed by atoms with Gasteiger partial charge in [-0.05, 0) is 37.1 Å².